The van der Waals surface area contributed by atoms with Crippen LogP contribution in [0.25, 0.3) is 0 Å². The van der Waals surface area contributed by atoms with Crippen LogP contribution in [0.5, 0.6) is 0 Å². The summed E-state index contributed by atoms with van der Waals surface area (Å²) < 4.78 is 43.3. The van der Waals surface area contributed by atoms with Crippen molar-refractivity contribution >= 4 is 94.4 Å². The first kappa shape index (κ1) is 22.8. The molecule has 0 amide bonds. The molecule has 0 rings (SSSR count). The van der Waals surface area contributed by atoms with Gasteiger partial charge in [0.25, 0.3) is 0 Å². The van der Waals surface area contributed by atoms with Gasteiger partial charge in [-0.2, -0.15) is 0 Å². The average Bonchev–Trinajstić information content (AvgIpc) is 0.650. The molecule has 0 fully saturated rings. The molecule has 0 aliphatic carbocycles. The van der Waals surface area contributed by atoms with E-state index in [-0.39, 0.29) is 111 Å². The second-order valence-corrected chi connectivity index (χ2v) is 4.41. The zero-order valence-electron chi connectivity index (χ0n) is 2.82. The average molecular weight is 461 g/mol. The Morgan fingerprint density at radius 1 is 0.778 bits per heavy atom. The molecular weight excluding hydrogens is 457 g/mol. The Bertz CT molecular complexity index is 287. The van der Waals surface area contributed by atoms with E-state index in [0.29, 0.717) is 0 Å². The summed E-state index contributed by atoms with van der Waals surface area (Å²) in [4.78, 5) is 0. The summed E-state index contributed by atoms with van der Waals surface area (Å²) in [7, 11) is 0. The number of hydrogen-bond acceptors (Lipinski definition) is 5. The van der Waals surface area contributed by atoms with Gasteiger partial charge in [-0.15, -0.1) is 0 Å². The van der Waals surface area contributed by atoms with Crippen molar-refractivity contribution < 1.29 is 48.7 Å². The van der Waals surface area contributed by atoms with Gasteiger partial charge in [-0.25, -0.2) is 0 Å². The van der Waals surface area contributed by atoms with Crippen LogP contribution in [0.15, 0.2) is 0 Å². The second kappa shape index (κ2) is 6.78. The van der Waals surface area contributed by atoms with E-state index >= 15 is 0 Å². The van der Waals surface area contributed by atoms with Crippen LogP contribution >= 0.6 is 0 Å². The third-order valence-corrected chi connectivity index (χ3v) is 0. The second-order valence-electron chi connectivity index (χ2n) is 0.745. The summed E-state index contributed by atoms with van der Waals surface area (Å²) in [6.45, 7) is 0. The van der Waals surface area contributed by atoms with Crippen molar-refractivity contribution in [3.05, 3.63) is 0 Å². The van der Waals surface area contributed by atoms with Gasteiger partial charge in [-0.1, -0.05) is 0 Å². The minimum atomic E-state index is -7.94. The molecule has 52 valence electrons. The quantitative estimate of drug-likeness (QED) is 0.375. The van der Waals surface area contributed by atoms with E-state index < -0.39 is 15.7 Å². The molecule has 9 heavy (non-hydrogen) atoms. The third kappa shape index (κ3) is 89.8. The van der Waals surface area contributed by atoms with Gasteiger partial charge in [0.05, 0.1) is 0 Å². The van der Waals surface area contributed by atoms with Crippen molar-refractivity contribution in [2.75, 3.05) is 0 Å². The third-order valence-electron chi connectivity index (χ3n) is 0. The van der Waals surface area contributed by atoms with Crippen molar-refractivity contribution in [1.82, 2.24) is 0 Å². The van der Waals surface area contributed by atoms with E-state index in [0.717, 1.165) is 0 Å². The van der Waals surface area contributed by atoms with Crippen LogP contribution in [0.2, 0.25) is 0 Å². The summed E-state index contributed by atoms with van der Waals surface area (Å²) in [5, 5.41) is 0. The zero-order chi connectivity index (χ0) is 5.45. The maximum atomic E-state index is 8.66. The van der Waals surface area contributed by atoms with E-state index in [1.54, 1.807) is 0 Å². The van der Waals surface area contributed by atoms with Gasteiger partial charge in [0.15, 0.2) is 0 Å². The van der Waals surface area contributed by atoms with Gasteiger partial charge < -0.3 is 0 Å². The molecule has 0 aliphatic rings. The Labute approximate surface area is 139 Å². The monoisotopic (exact) mass is 462 g/mol. The van der Waals surface area contributed by atoms with Gasteiger partial charge in [0, 0.05) is 16.8 Å². The molecule has 0 spiro atoms. The molecule has 0 bridgehead atoms. The first-order valence-electron chi connectivity index (χ1n) is 0.913. The molecule has 5 nitrogen and oxygen atoms in total. The Morgan fingerprint density at radius 2 is 0.778 bits per heavy atom. The van der Waals surface area contributed by atoms with E-state index in [2.05, 4.69) is 0 Å². The molecule has 0 unspecified atom stereocenters. The van der Waals surface area contributed by atoms with Gasteiger partial charge >= 0.3 is 126 Å². The molecule has 0 aromatic rings. The maximum absolute atomic E-state index is 8.66. The molecule has 0 N–H and O–H groups in total. The van der Waals surface area contributed by atoms with Crippen LogP contribution < -0.4 is 0 Å². The standard InChI is InChI=1S/Ba.Co.Nb.5O.Sr.4H. The molecule has 0 saturated carbocycles. The van der Waals surface area contributed by atoms with Crippen LogP contribution in [0.3, 0.4) is 0 Å². The Hall–Kier alpha value is 3.30. The van der Waals surface area contributed by atoms with Gasteiger partial charge in [0.1, 0.15) is 0 Å². The summed E-state index contributed by atoms with van der Waals surface area (Å²) in [5.74, 6) is 0. The Morgan fingerprint density at radius 3 is 0.778 bits per heavy atom. The van der Waals surface area contributed by atoms with Gasteiger partial charge in [-0.3, -0.25) is 0 Å². The van der Waals surface area contributed by atoms with Crippen LogP contribution in [-0.4, -0.2) is 94.4 Å². The minimum absolute atomic E-state index is 0. The first-order valence-corrected chi connectivity index (χ1v) is 5.40. The van der Waals surface area contributed by atoms with Gasteiger partial charge in [-0.05, 0) is 0 Å². The number of hydrogen-bond donors (Lipinski definition) is 0. The topological polar surface area (TPSA) is 85.3 Å². The SMILES string of the molecule is [BaH2].[Co].[O]=[Nb](=[O])(=[O])(=[O])=[O].[SrH2]. The molecule has 1 radical (unpaired) electrons. The van der Waals surface area contributed by atoms with E-state index in [4.69, 9.17) is 16.3 Å². The van der Waals surface area contributed by atoms with Crippen molar-refractivity contribution in [2.24, 2.45) is 0 Å². The van der Waals surface area contributed by atoms with E-state index in [9.17, 15) is 0 Å². The number of rotatable bonds is 0. The van der Waals surface area contributed by atoms with Crippen LogP contribution in [-0.2, 0) is 48.7 Å². The fourth-order valence-electron chi connectivity index (χ4n) is 0. The fourth-order valence-corrected chi connectivity index (χ4v) is 0. The molecule has 0 aromatic carbocycles. The predicted molar refractivity (Wildman–Crippen MR) is 20.5 cm³/mol. The van der Waals surface area contributed by atoms with Crippen LogP contribution in [0.1, 0.15) is 0 Å². The van der Waals surface area contributed by atoms with Crippen LogP contribution in [0.4, 0.5) is 0 Å². The molecule has 0 heterocycles. The van der Waals surface area contributed by atoms with E-state index in [1.165, 1.54) is 0 Å². The molecular formula is H4BaCoNbO5Sr. The van der Waals surface area contributed by atoms with Crippen molar-refractivity contribution in [3.63, 3.8) is 0 Å². The van der Waals surface area contributed by atoms with Crippen LogP contribution in [0, 0.1) is 0 Å². The van der Waals surface area contributed by atoms with Crippen molar-refractivity contribution in [1.29, 1.82) is 0 Å². The van der Waals surface area contributed by atoms with Crippen molar-refractivity contribution in [2.45, 2.75) is 0 Å². The van der Waals surface area contributed by atoms with E-state index in [1.807, 2.05) is 0 Å². The Balaban J connectivity index is -0.0000000417. The fraction of sp³-hybridized carbons (Fsp3) is 0. The van der Waals surface area contributed by atoms with Gasteiger partial charge in [0.2, 0.25) is 0 Å². The summed E-state index contributed by atoms with van der Waals surface area (Å²) in [5.41, 5.74) is 0. The normalized spacial score (nSPS) is 6.67. The predicted octanol–water partition coefficient (Wildman–Crippen LogP) is -2.43. The summed E-state index contributed by atoms with van der Waals surface area (Å²) in [6.07, 6.45) is 0. The van der Waals surface area contributed by atoms with Crippen molar-refractivity contribution in [3.8, 4) is 0 Å². The zero-order valence-corrected chi connectivity index (χ0v) is 6.06. The first-order chi connectivity index (χ1) is 2.24. The molecule has 9 heteroatoms. The molecule has 0 atom stereocenters. The molecule has 0 aromatic heterocycles. The molecule has 0 saturated heterocycles. The Kier molecular flexibility index (Phi) is 17.2. The molecule has 0 aliphatic heterocycles. The summed E-state index contributed by atoms with van der Waals surface area (Å²) in [6, 6.07) is 0. The summed E-state index contributed by atoms with van der Waals surface area (Å²) >= 11 is -7.94.